The van der Waals surface area contributed by atoms with Crippen LogP contribution in [0.4, 0.5) is 0 Å². The van der Waals surface area contributed by atoms with Crippen molar-refractivity contribution < 1.29 is 9.90 Å². The molecule has 13 heavy (non-hydrogen) atoms. The molecule has 0 fully saturated rings. The number of pyridine rings is 1. The van der Waals surface area contributed by atoms with Crippen LogP contribution in [0.25, 0.3) is 5.52 Å². The summed E-state index contributed by atoms with van der Waals surface area (Å²) in [6.07, 6.45) is 4.85. The summed E-state index contributed by atoms with van der Waals surface area (Å²) >= 11 is 0. The number of carboxylic acids is 1. The number of aromatic carboxylic acids is 1. The average Bonchev–Trinajstić information content (AvgIpc) is 2.51. The second kappa shape index (κ2) is 2.58. The molecule has 2 aromatic heterocycles. The summed E-state index contributed by atoms with van der Waals surface area (Å²) < 4.78 is 1.71. The summed E-state index contributed by atoms with van der Waals surface area (Å²) in [5, 5.41) is 8.77. The Balaban J connectivity index is 2.77. The maximum absolute atomic E-state index is 10.7. The van der Waals surface area contributed by atoms with Crippen LogP contribution in [0.15, 0.2) is 24.8 Å². The van der Waals surface area contributed by atoms with Gasteiger partial charge in [-0.25, -0.2) is 9.78 Å². The van der Waals surface area contributed by atoms with Crippen LogP contribution in [-0.2, 0) is 0 Å². The summed E-state index contributed by atoms with van der Waals surface area (Å²) in [5.41, 5.74) is 2.13. The topological polar surface area (TPSA) is 54.6 Å². The highest BCUT2D eigenvalue weighted by Gasteiger charge is 2.06. The lowest BCUT2D eigenvalue weighted by Gasteiger charge is -2.00. The van der Waals surface area contributed by atoms with Crippen molar-refractivity contribution in [1.82, 2.24) is 9.38 Å². The van der Waals surface area contributed by atoms with Crippen LogP contribution in [0.2, 0.25) is 0 Å². The molecule has 0 aliphatic rings. The number of nitrogens with zero attached hydrogens (tertiary/aromatic N) is 2. The quantitative estimate of drug-likeness (QED) is 0.713. The number of imidazole rings is 1. The van der Waals surface area contributed by atoms with E-state index in [0.29, 0.717) is 0 Å². The SMILES string of the molecule is Cc1cc(C(=O)O)cn2cncc12. The van der Waals surface area contributed by atoms with Gasteiger partial charge < -0.3 is 9.51 Å². The number of fused-ring (bicyclic) bond motifs is 1. The molecule has 0 saturated heterocycles. The standard InChI is InChI=1S/C9H8N2O2/c1-6-2-7(9(12)13)4-11-5-10-3-8(6)11/h2-5H,1H3,(H,12,13). The largest absolute Gasteiger partial charge is 0.478 e. The summed E-state index contributed by atoms with van der Waals surface area (Å²) in [7, 11) is 0. The first-order chi connectivity index (χ1) is 6.18. The van der Waals surface area contributed by atoms with E-state index in [0.717, 1.165) is 11.1 Å². The molecule has 4 heteroatoms. The predicted octanol–water partition coefficient (Wildman–Crippen LogP) is 1.34. The third-order valence-electron chi connectivity index (χ3n) is 1.97. The maximum atomic E-state index is 10.7. The second-order valence-electron chi connectivity index (χ2n) is 2.90. The maximum Gasteiger partial charge on any atom is 0.337 e. The van der Waals surface area contributed by atoms with Crippen LogP contribution in [-0.4, -0.2) is 20.5 Å². The van der Waals surface area contributed by atoms with Gasteiger partial charge in [-0.1, -0.05) is 0 Å². The Morgan fingerprint density at radius 3 is 3.08 bits per heavy atom. The minimum absolute atomic E-state index is 0.281. The van der Waals surface area contributed by atoms with Gasteiger partial charge in [0.1, 0.15) is 0 Å². The van der Waals surface area contributed by atoms with Crippen molar-refractivity contribution in [2.75, 3.05) is 0 Å². The van der Waals surface area contributed by atoms with Crippen LogP contribution in [0.3, 0.4) is 0 Å². The Bertz CT molecular complexity index is 473. The zero-order chi connectivity index (χ0) is 9.42. The molecule has 1 N–H and O–H groups in total. The van der Waals surface area contributed by atoms with Crippen molar-refractivity contribution >= 4 is 11.5 Å². The van der Waals surface area contributed by atoms with Crippen molar-refractivity contribution in [3.63, 3.8) is 0 Å². The minimum atomic E-state index is -0.918. The molecule has 0 saturated carbocycles. The van der Waals surface area contributed by atoms with E-state index in [2.05, 4.69) is 4.98 Å². The van der Waals surface area contributed by atoms with Gasteiger partial charge in [-0.05, 0) is 18.6 Å². The fraction of sp³-hybridized carbons (Fsp3) is 0.111. The van der Waals surface area contributed by atoms with Gasteiger partial charge in [-0.3, -0.25) is 0 Å². The number of carbonyl (C=O) groups is 1. The number of rotatable bonds is 1. The van der Waals surface area contributed by atoms with E-state index >= 15 is 0 Å². The van der Waals surface area contributed by atoms with Gasteiger partial charge in [-0.15, -0.1) is 0 Å². The van der Waals surface area contributed by atoms with Crippen molar-refractivity contribution in [1.29, 1.82) is 0 Å². The number of hydrogen-bond acceptors (Lipinski definition) is 2. The van der Waals surface area contributed by atoms with E-state index in [4.69, 9.17) is 5.11 Å². The van der Waals surface area contributed by atoms with Crippen molar-refractivity contribution in [3.05, 3.63) is 35.9 Å². The molecule has 0 amide bonds. The van der Waals surface area contributed by atoms with Gasteiger partial charge in [0.05, 0.1) is 23.6 Å². The van der Waals surface area contributed by atoms with Crippen LogP contribution in [0, 0.1) is 6.92 Å². The lowest BCUT2D eigenvalue weighted by Crippen LogP contribution is -1.99. The van der Waals surface area contributed by atoms with Gasteiger partial charge in [0.15, 0.2) is 0 Å². The van der Waals surface area contributed by atoms with E-state index in [-0.39, 0.29) is 5.56 Å². The number of hydrogen-bond donors (Lipinski definition) is 1. The first kappa shape index (κ1) is 7.79. The lowest BCUT2D eigenvalue weighted by molar-refractivity contribution is 0.0696. The van der Waals surface area contributed by atoms with Gasteiger partial charge in [-0.2, -0.15) is 0 Å². The lowest BCUT2D eigenvalue weighted by atomic mass is 10.2. The Morgan fingerprint density at radius 1 is 1.62 bits per heavy atom. The van der Waals surface area contributed by atoms with Crippen LogP contribution < -0.4 is 0 Å². The van der Waals surface area contributed by atoms with Crippen LogP contribution >= 0.6 is 0 Å². The van der Waals surface area contributed by atoms with Crippen LogP contribution in [0.1, 0.15) is 15.9 Å². The molecule has 0 spiro atoms. The zero-order valence-electron chi connectivity index (χ0n) is 7.06. The normalized spacial score (nSPS) is 10.5. The monoisotopic (exact) mass is 176 g/mol. The third-order valence-corrected chi connectivity index (χ3v) is 1.97. The predicted molar refractivity (Wildman–Crippen MR) is 46.9 cm³/mol. The van der Waals surface area contributed by atoms with Gasteiger partial charge >= 0.3 is 5.97 Å². The molecule has 2 heterocycles. The number of aromatic nitrogens is 2. The Labute approximate surface area is 74.5 Å². The number of aryl methyl sites for hydroxylation is 1. The van der Waals surface area contributed by atoms with E-state index in [1.54, 1.807) is 29.2 Å². The van der Waals surface area contributed by atoms with Gasteiger partial charge in [0.2, 0.25) is 0 Å². The Hall–Kier alpha value is -1.84. The first-order valence-electron chi connectivity index (χ1n) is 3.84. The molecule has 2 aromatic rings. The first-order valence-corrected chi connectivity index (χ1v) is 3.84. The van der Waals surface area contributed by atoms with Gasteiger partial charge in [0, 0.05) is 6.20 Å². The van der Waals surface area contributed by atoms with E-state index in [1.165, 1.54) is 0 Å². The van der Waals surface area contributed by atoms with Crippen molar-refractivity contribution in [2.24, 2.45) is 0 Å². The molecule has 0 unspecified atom stereocenters. The summed E-state index contributed by atoms with van der Waals surface area (Å²) in [6, 6.07) is 1.64. The molecular formula is C9H8N2O2. The fourth-order valence-corrected chi connectivity index (χ4v) is 1.32. The molecule has 66 valence electrons. The van der Waals surface area contributed by atoms with Gasteiger partial charge in [0.25, 0.3) is 0 Å². The highest BCUT2D eigenvalue weighted by Crippen LogP contribution is 2.11. The minimum Gasteiger partial charge on any atom is -0.478 e. The highest BCUT2D eigenvalue weighted by molar-refractivity contribution is 5.88. The van der Waals surface area contributed by atoms with E-state index < -0.39 is 5.97 Å². The highest BCUT2D eigenvalue weighted by atomic mass is 16.4. The summed E-state index contributed by atoms with van der Waals surface area (Å²) in [5.74, 6) is -0.918. The molecule has 0 bridgehead atoms. The average molecular weight is 176 g/mol. The molecule has 4 nitrogen and oxygen atoms in total. The Kier molecular flexibility index (Phi) is 1.55. The third kappa shape index (κ3) is 1.16. The summed E-state index contributed by atoms with van der Waals surface area (Å²) in [6.45, 7) is 1.86. The van der Waals surface area contributed by atoms with Crippen molar-refractivity contribution in [2.45, 2.75) is 6.92 Å². The van der Waals surface area contributed by atoms with Crippen LogP contribution in [0.5, 0.6) is 0 Å². The fourth-order valence-electron chi connectivity index (χ4n) is 1.32. The van der Waals surface area contributed by atoms with Crippen molar-refractivity contribution in [3.8, 4) is 0 Å². The smallest absolute Gasteiger partial charge is 0.337 e. The molecule has 0 aliphatic carbocycles. The second-order valence-corrected chi connectivity index (χ2v) is 2.90. The van der Waals surface area contributed by atoms with E-state index in [1.807, 2.05) is 6.92 Å². The molecule has 0 aliphatic heterocycles. The molecule has 0 radical (unpaired) electrons. The molecule has 0 atom stereocenters. The van der Waals surface area contributed by atoms with E-state index in [9.17, 15) is 4.79 Å². The summed E-state index contributed by atoms with van der Waals surface area (Å²) in [4.78, 5) is 14.6. The molecule has 0 aromatic carbocycles. The number of carboxylic acid groups (broad SMARTS) is 1. The molecular weight excluding hydrogens is 168 g/mol. The molecule has 2 rings (SSSR count). The Morgan fingerprint density at radius 2 is 2.38 bits per heavy atom. The zero-order valence-corrected chi connectivity index (χ0v) is 7.06.